The summed E-state index contributed by atoms with van der Waals surface area (Å²) in [7, 11) is 3.37. The fraction of sp³-hybridized carbons (Fsp3) is 0.556. The number of amides is 3. The molecule has 2 atom stereocenters. The Morgan fingerprint density at radius 3 is 2.68 bits per heavy atom. The lowest BCUT2D eigenvalue weighted by Gasteiger charge is -2.35. The van der Waals surface area contributed by atoms with Gasteiger partial charge in [0.05, 0.1) is 5.92 Å². The van der Waals surface area contributed by atoms with Crippen LogP contribution in [0.2, 0.25) is 0 Å². The molecule has 0 radical (unpaired) electrons. The smallest absolute Gasteiger partial charge is 0.272 e. The molecule has 0 aromatic carbocycles. The molecular formula is C18H24N4O3. The molecule has 2 bridgehead atoms. The number of carbonyl (C=O) groups excluding carboxylic acids is 3. The summed E-state index contributed by atoms with van der Waals surface area (Å²) in [5.41, 5.74) is 1.20. The number of piperidine rings is 1. The van der Waals surface area contributed by atoms with Gasteiger partial charge in [-0.3, -0.25) is 14.4 Å². The van der Waals surface area contributed by atoms with Crippen LogP contribution >= 0.6 is 0 Å². The highest BCUT2D eigenvalue weighted by Crippen LogP contribution is 2.29. The predicted molar refractivity (Wildman–Crippen MR) is 91.8 cm³/mol. The van der Waals surface area contributed by atoms with Gasteiger partial charge in [0.1, 0.15) is 12.2 Å². The van der Waals surface area contributed by atoms with E-state index >= 15 is 0 Å². The molecule has 1 aromatic heterocycles. The SMILES string of the molecule is Cc1cccc(C(=O)N2CC3CCC(C2)N(CC(=O)N(C)C)C3=O)n1. The molecule has 7 heteroatoms. The van der Waals surface area contributed by atoms with E-state index in [9.17, 15) is 14.4 Å². The maximum absolute atomic E-state index is 12.8. The van der Waals surface area contributed by atoms with Crippen LogP contribution in [0.1, 0.15) is 29.0 Å². The fourth-order valence-corrected chi connectivity index (χ4v) is 3.53. The summed E-state index contributed by atoms with van der Waals surface area (Å²) in [6, 6.07) is 5.26. The lowest BCUT2D eigenvalue weighted by molar-refractivity contribution is -0.145. The molecular weight excluding hydrogens is 320 g/mol. The van der Waals surface area contributed by atoms with E-state index in [0.717, 1.165) is 18.5 Å². The molecule has 3 amide bonds. The van der Waals surface area contributed by atoms with Gasteiger partial charge in [-0.15, -0.1) is 0 Å². The highest BCUT2D eigenvalue weighted by Gasteiger charge is 2.42. The van der Waals surface area contributed by atoms with Crippen LogP contribution in [0.4, 0.5) is 0 Å². The molecule has 1 aromatic rings. The standard InChI is InChI=1S/C18H24N4O3/c1-12-5-4-6-15(19-12)18(25)21-9-13-7-8-14(10-21)22(17(13)24)11-16(23)20(2)3/h4-6,13-14H,7-11H2,1-3H3. The Morgan fingerprint density at radius 2 is 2.00 bits per heavy atom. The third kappa shape index (κ3) is 3.50. The van der Waals surface area contributed by atoms with Crippen molar-refractivity contribution in [3.8, 4) is 0 Å². The normalized spacial score (nSPS) is 22.8. The lowest BCUT2D eigenvalue weighted by atomic mass is 9.94. The van der Waals surface area contributed by atoms with Gasteiger partial charge in [-0.05, 0) is 31.9 Å². The van der Waals surface area contributed by atoms with Gasteiger partial charge in [-0.25, -0.2) is 4.98 Å². The average Bonchev–Trinajstić information content (AvgIpc) is 2.86. The summed E-state index contributed by atoms with van der Waals surface area (Å²) in [5, 5.41) is 0. The van der Waals surface area contributed by atoms with Crippen molar-refractivity contribution >= 4 is 17.7 Å². The maximum atomic E-state index is 12.8. The average molecular weight is 344 g/mol. The fourth-order valence-electron chi connectivity index (χ4n) is 3.53. The second kappa shape index (κ2) is 6.82. The summed E-state index contributed by atoms with van der Waals surface area (Å²) in [6.07, 6.45) is 1.59. The molecule has 0 aliphatic carbocycles. The van der Waals surface area contributed by atoms with Crippen LogP contribution in [0, 0.1) is 12.8 Å². The first-order chi connectivity index (χ1) is 11.9. The van der Waals surface area contributed by atoms with Gasteiger partial charge < -0.3 is 14.7 Å². The van der Waals surface area contributed by atoms with Crippen LogP contribution in [-0.4, -0.2) is 77.2 Å². The van der Waals surface area contributed by atoms with Crippen LogP contribution in [0.15, 0.2) is 18.2 Å². The number of carbonyl (C=O) groups is 3. The summed E-state index contributed by atoms with van der Waals surface area (Å²) >= 11 is 0. The van der Waals surface area contributed by atoms with Gasteiger partial charge in [0.2, 0.25) is 11.8 Å². The first kappa shape index (κ1) is 17.4. The van der Waals surface area contributed by atoms with E-state index in [-0.39, 0.29) is 36.2 Å². The lowest BCUT2D eigenvalue weighted by Crippen LogP contribution is -2.51. The summed E-state index contributed by atoms with van der Waals surface area (Å²) in [4.78, 5) is 46.8. The molecule has 0 N–H and O–H groups in total. The van der Waals surface area contributed by atoms with Crippen molar-refractivity contribution < 1.29 is 14.4 Å². The predicted octanol–water partition coefficient (Wildman–Crippen LogP) is 0.541. The molecule has 0 saturated carbocycles. The van der Waals surface area contributed by atoms with Crippen molar-refractivity contribution in [2.24, 2.45) is 5.92 Å². The van der Waals surface area contributed by atoms with Gasteiger partial charge >= 0.3 is 0 Å². The first-order valence-corrected chi connectivity index (χ1v) is 8.60. The molecule has 2 unspecified atom stereocenters. The zero-order valence-electron chi connectivity index (χ0n) is 14.9. The summed E-state index contributed by atoms with van der Waals surface area (Å²) in [5.74, 6) is -0.491. The van der Waals surface area contributed by atoms with Crippen molar-refractivity contribution in [2.75, 3.05) is 33.7 Å². The number of likely N-dealkylation sites (N-methyl/N-ethyl adjacent to an activating group) is 1. The molecule has 3 fully saturated rings. The minimum absolute atomic E-state index is 0.0149. The number of pyridine rings is 1. The van der Waals surface area contributed by atoms with Crippen LogP contribution < -0.4 is 0 Å². The molecule has 3 saturated heterocycles. The van der Waals surface area contributed by atoms with Gasteiger partial charge in [0.25, 0.3) is 5.91 Å². The number of aryl methyl sites for hydroxylation is 1. The van der Waals surface area contributed by atoms with E-state index in [1.165, 1.54) is 4.90 Å². The summed E-state index contributed by atoms with van der Waals surface area (Å²) < 4.78 is 0. The molecule has 7 nitrogen and oxygen atoms in total. The van der Waals surface area contributed by atoms with E-state index < -0.39 is 0 Å². The molecule has 134 valence electrons. The second-order valence-electron chi connectivity index (χ2n) is 7.06. The Morgan fingerprint density at radius 1 is 1.24 bits per heavy atom. The zero-order chi connectivity index (χ0) is 18.1. The Labute approximate surface area is 147 Å². The van der Waals surface area contributed by atoms with Crippen LogP contribution in [-0.2, 0) is 9.59 Å². The van der Waals surface area contributed by atoms with Crippen molar-refractivity contribution in [1.29, 1.82) is 0 Å². The van der Waals surface area contributed by atoms with Crippen LogP contribution in [0.25, 0.3) is 0 Å². The summed E-state index contributed by atoms with van der Waals surface area (Å²) in [6.45, 7) is 2.78. The highest BCUT2D eigenvalue weighted by molar-refractivity contribution is 5.93. The molecule has 3 aliphatic heterocycles. The monoisotopic (exact) mass is 344 g/mol. The van der Waals surface area contributed by atoms with Gasteiger partial charge in [-0.2, -0.15) is 0 Å². The van der Waals surface area contributed by atoms with E-state index in [1.807, 2.05) is 19.1 Å². The highest BCUT2D eigenvalue weighted by atomic mass is 16.2. The number of hydrogen-bond donors (Lipinski definition) is 0. The van der Waals surface area contributed by atoms with Gasteiger partial charge in [0, 0.05) is 38.9 Å². The number of aromatic nitrogens is 1. The van der Waals surface area contributed by atoms with Gasteiger partial charge in [-0.1, -0.05) is 6.07 Å². The van der Waals surface area contributed by atoms with Crippen molar-refractivity contribution in [3.05, 3.63) is 29.6 Å². The number of fused-ring (bicyclic) bond motifs is 4. The topological polar surface area (TPSA) is 73.8 Å². The maximum Gasteiger partial charge on any atom is 0.272 e. The van der Waals surface area contributed by atoms with Crippen molar-refractivity contribution in [1.82, 2.24) is 19.7 Å². The second-order valence-corrected chi connectivity index (χ2v) is 7.06. The number of hydrogen-bond acceptors (Lipinski definition) is 4. The zero-order valence-corrected chi connectivity index (χ0v) is 14.9. The number of nitrogens with zero attached hydrogens (tertiary/aromatic N) is 4. The van der Waals surface area contributed by atoms with Crippen molar-refractivity contribution in [2.45, 2.75) is 25.8 Å². The third-order valence-electron chi connectivity index (χ3n) is 4.99. The first-order valence-electron chi connectivity index (χ1n) is 8.60. The molecule has 4 rings (SSSR count). The third-order valence-corrected chi connectivity index (χ3v) is 4.99. The van der Waals surface area contributed by atoms with E-state index in [4.69, 9.17) is 0 Å². The van der Waals surface area contributed by atoms with E-state index in [0.29, 0.717) is 18.8 Å². The van der Waals surface area contributed by atoms with E-state index in [1.54, 1.807) is 30.0 Å². The molecule has 4 heterocycles. The molecule has 25 heavy (non-hydrogen) atoms. The Balaban J connectivity index is 1.80. The van der Waals surface area contributed by atoms with Crippen LogP contribution in [0.5, 0.6) is 0 Å². The Bertz CT molecular complexity index is 703. The van der Waals surface area contributed by atoms with Crippen LogP contribution in [0.3, 0.4) is 0 Å². The quantitative estimate of drug-likeness (QED) is 0.802. The largest absolute Gasteiger partial charge is 0.347 e. The minimum Gasteiger partial charge on any atom is -0.347 e. The van der Waals surface area contributed by atoms with Crippen molar-refractivity contribution in [3.63, 3.8) is 0 Å². The molecule has 0 spiro atoms. The van der Waals surface area contributed by atoms with Gasteiger partial charge in [0.15, 0.2) is 0 Å². The van der Waals surface area contributed by atoms with E-state index in [2.05, 4.69) is 4.98 Å². The Kier molecular flexibility index (Phi) is 4.74. The minimum atomic E-state index is -0.234. The Hall–Kier alpha value is -2.44. The molecule has 3 aliphatic rings. The number of rotatable bonds is 3.